The molecule has 122 valence electrons. The lowest BCUT2D eigenvalue weighted by atomic mass is 9.94. The second kappa shape index (κ2) is 5.54. The van der Waals surface area contributed by atoms with Gasteiger partial charge in [-0.15, -0.1) is 0 Å². The van der Waals surface area contributed by atoms with Crippen molar-refractivity contribution in [3.63, 3.8) is 0 Å². The van der Waals surface area contributed by atoms with Crippen molar-refractivity contribution >= 4 is 20.8 Å². The van der Waals surface area contributed by atoms with E-state index in [0.717, 1.165) is 35.7 Å². The summed E-state index contributed by atoms with van der Waals surface area (Å²) in [6.07, 6.45) is 5.70. The zero-order valence-corrected chi connectivity index (χ0v) is 14.0. The highest BCUT2D eigenvalue weighted by Crippen LogP contribution is 2.33. The fourth-order valence-corrected chi connectivity index (χ4v) is 5.74. The molecule has 0 saturated carbocycles. The van der Waals surface area contributed by atoms with Gasteiger partial charge in [0.25, 0.3) is 0 Å². The van der Waals surface area contributed by atoms with Gasteiger partial charge in [0, 0.05) is 42.3 Å². The molecule has 2 aromatic rings. The second-order valence-electron chi connectivity index (χ2n) is 6.60. The Balaban J connectivity index is 1.78. The highest BCUT2D eigenvalue weighted by Gasteiger charge is 2.40. The fraction of sp³-hybridized carbons (Fsp3) is 0.471. The number of pyridine rings is 1. The van der Waals surface area contributed by atoms with E-state index >= 15 is 0 Å². The number of sulfonamides is 1. The van der Waals surface area contributed by atoms with Gasteiger partial charge in [0.1, 0.15) is 0 Å². The molecule has 0 aliphatic carbocycles. The number of benzene rings is 1. The van der Waals surface area contributed by atoms with Gasteiger partial charge in [-0.25, -0.2) is 8.42 Å². The number of hydrogen-bond acceptors (Lipinski definition) is 4. The molecule has 2 atom stereocenters. The van der Waals surface area contributed by atoms with Gasteiger partial charge in [0.15, 0.2) is 0 Å². The third-order valence-corrected chi connectivity index (χ3v) is 6.99. The lowest BCUT2D eigenvalue weighted by Crippen LogP contribution is -2.41. The lowest BCUT2D eigenvalue weighted by Gasteiger charge is -2.24. The molecule has 2 fully saturated rings. The van der Waals surface area contributed by atoms with Gasteiger partial charge >= 0.3 is 0 Å². The van der Waals surface area contributed by atoms with Crippen LogP contribution in [0.4, 0.5) is 0 Å². The van der Waals surface area contributed by atoms with Gasteiger partial charge in [-0.2, -0.15) is 4.31 Å². The van der Waals surface area contributed by atoms with Crippen LogP contribution in [0.25, 0.3) is 10.8 Å². The van der Waals surface area contributed by atoms with Gasteiger partial charge in [-0.05, 0) is 43.9 Å². The van der Waals surface area contributed by atoms with Crippen LogP contribution < -0.4 is 5.32 Å². The number of piperidine rings is 1. The molecule has 2 saturated heterocycles. The molecule has 2 unspecified atom stereocenters. The van der Waals surface area contributed by atoms with E-state index in [1.165, 1.54) is 0 Å². The van der Waals surface area contributed by atoms with Crippen molar-refractivity contribution in [3.05, 3.63) is 36.2 Å². The molecule has 0 bridgehead atoms. The molecule has 23 heavy (non-hydrogen) atoms. The maximum atomic E-state index is 13.2. The van der Waals surface area contributed by atoms with Crippen LogP contribution in [0.3, 0.4) is 0 Å². The van der Waals surface area contributed by atoms with Crippen molar-refractivity contribution in [2.24, 2.45) is 5.92 Å². The number of rotatable bonds is 2. The van der Waals surface area contributed by atoms with E-state index in [0.29, 0.717) is 29.9 Å². The second-order valence-corrected chi connectivity index (χ2v) is 8.50. The standard InChI is InChI=1S/C17H21N3O2S/c1-12-8-18-9-13-4-2-6-16(17(12)13)23(21,22)20-10-14-5-3-7-19-15(14)11-20/h2,4,6,8-9,14-15,19H,3,5,7,10-11H2,1H3. The monoisotopic (exact) mass is 331 g/mol. The predicted molar refractivity (Wildman–Crippen MR) is 89.8 cm³/mol. The lowest BCUT2D eigenvalue weighted by molar-refractivity contribution is 0.339. The molecule has 0 radical (unpaired) electrons. The Morgan fingerprint density at radius 3 is 2.96 bits per heavy atom. The average Bonchev–Trinajstić information content (AvgIpc) is 2.99. The van der Waals surface area contributed by atoms with Crippen LogP contribution in [-0.4, -0.2) is 43.4 Å². The molecule has 3 heterocycles. The molecule has 6 heteroatoms. The first-order chi connectivity index (χ1) is 11.1. The summed E-state index contributed by atoms with van der Waals surface area (Å²) in [5.74, 6) is 0.441. The van der Waals surface area contributed by atoms with Crippen molar-refractivity contribution in [2.75, 3.05) is 19.6 Å². The summed E-state index contributed by atoms with van der Waals surface area (Å²) < 4.78 is 28.1. The fourth-order valence-electron chi connectivity index (χ4n) is 3.93. The number of hydrogen-bond donors (Lipinski definition) is 1. The highest BCUT2D eigenvalue weighted by atomic mass is 32.2. The molecule has 1 aromatic carbocycles. The van der Waals surface area contributed by atoms with Crippen LogP contribution >= 0.6 is 0 Å². The van der Waals surface area contributed by atoms with Gasteiger partial charge in [0.05, 0.1) is 4.90 Å². The first-order valence-electron chi connectivity index (χ1n) is 8.14. The van der Waals surface area contributed by atoms with Gasteiger partial charge in [0.2, 0.25) is 10.0 Å². The number of fused-ring (bicyclic) bond motifs is 2. The summed E-state index contributed by atoms with van der Waals surface area (Å²) in [5.41, 5.74) is 0.899. The summed E-state index contributed by atoms with van der Waals surface area (Å²) in [6.45, 7) is 4.11. The third kappa shape index (κ3) is 2.45. The quantitative estimate of drug-likeness (QED) is 0.913. The number of nitrogens with one attached hydrogen (secondary N) is 1. The van der Waals surface area contributed by atoms with Gasteiger partial charge in [-0.3, -0.25) is 4.98 Å². The van der Waals surface area contributed by atoms with Gasteiger partial charge < -0.3 is 5.32 Å². The average molecular weight is 331 g/mol. The molecule has 0 spiro atoms. The summed E-state index contributed by atoms with van der Waals surface area (Å²) in [4.78, 5) is 4.58. The molecule has 0 amide bonds. The Bertz CT molecular complexity index is 831. The third-order valence-electron chi connectivity index (χ3n) is 5.12. The smallest absolute Gasteiger partial charge is 0.243 e. The van der Waals surface area contributed by atoms with Crippen molar-refractivity contribution in [2.45, 2.75) is 30.7 Å². The van der Waals surface area contributed by atoms with E-state index in [1.54, 1.807) is 28.8 Å². The molecular formula is C17H21N3O2S. The van der Waals surface area contributed by atoms with E-state index in [1.807, 2.05) is 13.0 Å². The Morgan fingerprint density at radius 1 is 1.26 bits per heavy atom. The summed E-state index contributed by atoms with van der Waals surface area (Å²) in [7, 11) is -3.48. The van der Waals surface area contributed by atoms with E-state index in [-0.39, 0.29) is 0 Å². The normalized spacial score (nSPS) is 25.6. The number of nitrogens with zero attached hydrogens (tertiary/aromatic N) is 2. The SMILES string of the molecule is Cc1cncc2cccc(S(=O)(=O)N3CC4CCCNC4C3)c12. The first-order valence-corrected chi connectivity index (χ1v) is 9.58. The Kier molecular flexibility index (Phi) is 3.63. The zero-order valence-electron chi connectivity index (χ0n) is 13.2. The highest BCUT2D eigenvalue weighted by molar-refractivity contribution is 7.89. The predicted octanol–water partition coefficient (Wildman–Crippen LogP) is 1.92. The van der Waals surface area contributed by atoms with E-state index < -0.39 is 10.0 Å². The van der Waals surface area contributed by atoms with Crippen LogP contribution in [0.1, 0.15) is 18.4 Å². The summed E-state index contributed by atoms with van der Waals surface area (Å²) in [6, 6.07) is 5.74. The minimum absolute atomic E-state index is 0.302. The molecular weight excluding hydrogens is 310 g/mol. The Hall–Kier alpha value is -1.50. The maximum Gasteiger partial charge on any atom is 0.243 e. The van der Waals surface area contributed by atoms with Crippen LogP contribution in [0, 0.1) is 12.8 Å². The van der Waals surface area contributed by atoms with Crippen LogP contribution in [-0.2, 0) is 10.0 Å². The molecule has 1 aromatic heterocycles. The largest absolute Gasteiger partial charge is 0.312 e. The zero-order chi connectivity index (χ0) is 16.0. The van der Waals surface area contributed by atoms with E-state index in [2.05, 4.69) is 10.3 Å². The number of aromatic nitrogens is 1. The molecule has 4 rings (SSSR count). The summed E-state index contributed by atoms with van der Waals surface area (Å²) in [5, 5.41) is 5.14. The first kappa shape index (κ1) is 15.1. The maximum absolute atomic E-state index is 13.2. The minimum Gasteiger partial charge on any atom is -0.312 e. The number of aryl methyl sites for hydroxylation is 1. The van der Waals surface area contributed by atoms with Crippen molar-refractivity contribution < 1.29 is 8.42 Å². The van der Waals surface area contributed by atoms with Crippen molar-refractivity contribution in [3.8, 4) is 0 Å². The van der Waals surface area contributed by atoms with E-state index in [9.17, 15) is 8.42 Å². The van der Waals surface area contributed by atoms with Crippen LogP contribution in [0.5, 0.6) is 0 Å². The van der Waals surface area contributed by atoms with E-state index in [4.69, 9.17) is 0 Å². The molecule has 5 nitrogen and oxygen atoms in total. The van der Waals surface area contributed by atoms with Gasteiger partial charge in [-0.1, -0.05) is 12.1 Å². The van der Waals surface area contributed by atoms with Crippen molar-refractivity contribution in [1.29, 1.82) is 0 Å². The molecule has 1 N–H and O–H groups in total. The topological polar surface area (TPSA) is 62.3 Å². The summed E-state index contributed by atoms with van der Waals surface area (Å²) >= 11 is 0. The Labute approximate surface area is 136 Å². The van der Waals surface area contributed by atoms with Crippen molar-refractivity contribution in [1.82, 2.24) is 14.6 Å². The minimum atomic E-state index is -3.48. The Morgan fingerprint density at radius 2 is 2.13 bits per heavy atom. The molecule has 2 aliphatic heterocycles. The van der Waals surface area contributed by atoms with Crippen LogP contribution in [0.2, 0.25) is 0 Å². The molecule has 2 aliphatic rings. The van der Waals surface area contributed by atoms with Crippen LogP contribution in [0.15, 0.2) is 35.5 Å².